The van der Waals surface area contributed by atoms with Crippen molar-refractivity contribution in [2.75, 3.05) is 7.11 Å². The first-order valence-electron chi connectivity index (χ1n) is 6.42. The normalized spacial score (nSPS) is 12.6. The molecule has 1 atom stereocenters. The topological polar surface area (TPSA) is 39.9 Å². The minimum absolute atomic E-state index is 0.238. The summed E-state index contributed by atoms with van der Waals surface area (Å²) >= 11 is 12.5. The van der Waals surface area contributed by atoms with Gasteiger partial charge in [-0.05, 0) is 31.2 Å². The summed E-state index contributed by atoms with van der Waals surface area (Å²) in [5.74, 6) is 1.38. The molecule has 4 nitrogen and oxygen atoms in total. The first-order valence-corrected chi connectivity index (χ1v) is 7.23. The Morgan fingerprint density at radius 2 is 2.10 bits per heavy atom. The van der Waals surface area contributed by atoms with E-state index in [0.717, 1.165) is 22.5 Å². The molecule has 0 radical (unpaired) electrons. The monoisotopic (exact) mass is 321 g/mol. The number of hydrogen-bond acceptors (Lipinski definition) is 3. The minimum Gasteiger partial charge on any atom is -0.495 e. The van der Waals surface area contributed by atoms with E-state index in [-0.39, 0.29) is 5.38 Å². The molecule has 108 valence electrons. The molecule has 0 aliphatic rings. The van der Waals surface area contributed by atoms with Crippen LogP contribution in [-0.4, -0.2) is 21.6 Å². The molecule has 0 fully saturated rings. The van der Waals surface area contributed by atoms with Crippen molar-refractivity contribution in [1.29, 1.82) is 0 Å². The minimum atomic E-state index is -0.238. The van der Waals surface area contributed by atoms with Crippen LogP contribution in [0.3, 0.4) is 0 Å². The van der Waals surface area contributed by atoms with E-state index in [4.69, 9.17) is 27.9 Å². The highest BCUT2D eigenvalue weighted by atomic mass is 35.5. The molecule has 1 aromatic carbocycles. The van der Waals surface area contributed by atoms with E-state index in [1.54, 1.807) is 19.5 Å². The summed E-state index contributed by atoms with van der Waals surface area (Å²) in [5, 5.41) is 0.303. The SMILES string of the molecule is COc1ccc(-n2c(C(C)Cl)nc3cnccc32)cc1Cl. The number of rotatable bonds is 3. The van der Waals surface area contributed by atoms with Crippen LogP contribution in [0.2, 0.25) is 5.02 Å². The number of ether oxygens (including phenoxy) is 1. The zero-order valence-electron chi connectivity index (χ0n) is 11.5. The molecule has 0 bridgehead atoms. The summed E-state index contributed by atoms with van der Waals surface area (Å²) in [6.07, 6.45) is 3.45. The second kappa shape index (κ2) is 5.54. The highest BCUT2D eigenvalue weighted by Crippen LogP contribution is 2.31. The molecule has 3 aromatic rings. The molecule has 0 N–H and O–H groups in total. The van der Waals surface area contributed by atoms with Gasteiger partial charge in [0.15, 0.2) is 0 Å². The maximum absolute atomic E-state index is 6.27. The first kappa shape index (κ1) is 14.2. The zero-order valence-corrected chi connectivity index (χ0v) is 13.1. The van der Waals surface area contributed by atoms with Gasteiger partial charge < -0.3 is 4.74 Å². The van der Waals surface area contributed by atoms with E-state index in [0.29, 0.717) is 10.8 Å². The highest BCUT2D eigenvalue weighted by molar-refractivity contribution is 6.32. The number of hydrogen-bond donors (Lipinski definition) is 0. The van der Waals surface area contributed by atoms with Crippen LogP contribution in [0.15, 0.2) is 36.7 Å². The Kier molecular flexibility index (Phi) is 3.74. The van der Waals surface area contributed by atoms with Gasteiger partial charge in [0.1, 0.15) is 17.1 Å². The van der Waals surface area contributed by atoms with Crippen molar-refractivity contribution in [3.05, 3.63) is 47.5 Å². The Morgan fingerprint density at radius 3 is 2.76 bits per heavy atom. The highest BCUT2D eigenvalue weighted by Gasteiger charge is 2.17. The fourth-order valence-electron chi connectivity index (χ4n) is 2.28. The maximum Gasteiger partial charge on any atom is 0.137 e. The van der Waals surface area contributed by atoms with Crippen molar-refractivity contribution in [2.24, 2.45) is 0 Å². The lowest BCUT2D eigenvalue weighted by Crippen LogP contribution is -2.02. The van der Waals surface area contributed by atoms with Crippen LogP contribution >= 0.6 is 23.2 Å². The van der Waals surface area contributed by atoms with E-state index in [1.165, 1.54) is 0 Å². The first-order chi connectivity index (χ1) is 10.1. The van der Waals surface area contributed by atoms with E-state index in [9.17, 15) is 0 Å². The maximum atomic E-state index is 6.27. The van der Waals surface area contributed by atoms with Gasteiger partial charge in [-0.15, -0.1) is 11.6 Å². The van der Waals surface area contributed by atoms with Crippen LogP contribution < -0.4 is 4.74 Å². The molecule has 0 aliphatic heterocycles. The molecule has 2 heterocycles. The van der Waals surface area contributed by atoms with Crippen molar-refractivity contribution >= 4 is 34.2 Å². The molecule has 0 spiro atoms. The van der Waals surface area contributed by atoms with Gasteiger partial charge in [0, 0.05) is 11.9 Å². The summed E-state index contributed by atoms with van der Waals surface area (Å²) in [7, 11) is 1.59. The second-order valence-corrected chi connectivity index (χ2v) is 5.67. The molecule has 0 saturated carbocycles. The number of halogens is 2. The standard InChI is InChI=1S/C15H13Cl2N3O/c1-9(16)15-19-12-8-18-6-5-13(12)20(15)10-3-4-14(21-2)11(17)7-10/h3-9H,1-2H3. The zero-order chi connectivity index (χ0) is 15.0. The smallest absolute Gasteiger partial charge is 0.137 e. The molecule has 0 saturated heterocycles. The van der Waals surface area contributed by atoms with Crippen molar-refractivity contribution in [3.8, 4) is 11.4 Å². The van der Waals surface area contributed by atoms with Crippen LogP contribution in [-0.2, 0) is 0 Å². The quantitative estimate of drug-likeness (QED) is 0.672. The third-order valence-electron chi connectivity index (χ3n) is 3.23. The second-order valence-electron chi connectivity index (χ2n) is 4.60. The van der Waals surface area contributed by atoms with Gasteiger partial charge in [0.05, 0.1) is 29.2 Å². The summed E-state index contributed by atoms with van der Waals surface area (Å²) in [6, 6.07) is 7.50. The number of methoxy groups -OCH3 is 1. The molecule has 1 unspecified atom stereocenters. The van der Waals surface area contributed by atoms with E-state index in [2.05, 4.69) is 9.97 Å². The van der Waals surface area contributed by atoms with Crippen LogP contribution in [0.25, 0.3) is 16.7 Å². The average Bonchev–Trinajstić information content (AvgIpc) is 2.86. The van der Waals surface area contributed by atoms with Crippen molar-refractivity contribution < 1.29 is 4.74 Å². The molecule has 3 rings (SSSR count). The van der Waals surface area contributed by atoms with Crippen molar-refractivity contribution in [2.45, 2.75) is 12.3 Å². The summed E-state index contributed by atoms with van der Waals surface area (Å²) in [4.78, 5) is 8.66. The number of fused-ring (bicyclic) bond motifs is 1. The van der Waals surface area contributed by atoms with Gasteiger partial charge in [-0.3, -0.25) is 9.55 Å². The van der Waals surface area contributed by atoms with Gasteiger partial charge >= 0.3 is 0 Å². The lowest BCUT2D eigenvalue weighted by Gasteiger charge is -2.12. The molecular formula is C15H13Cl2N3O. The summed E-state index contributed by atoms with van der Waals surface area (Å²) in [6.45, 7) is 1.89. The predicted molar refractivity (Wildman–Crippen MR) is 84.7 cm³/mol. The molecule has 21 heavy (non-hydrogen) atoms. The third-order valence-corrected chi connectivity index (χ3v) is 3.72. The molecule has 6 heteroatoms. The van der Waals surface area contributed by atoms with E-state index < -0.39 is 0 Å². The summed E-state index contributed by atoms with van der Waals surface area (Å²) < 4.78 is 7.18. The van der Waals surface area contributed by atoms with Gasteiger partial charge in [-0.25, -0.2) is 4.98 Å². The summed E-state index contributed by atoms with van der Waals surface area (Å²) in [5.41, 5.74) is 2.62. The van der Waals surface area contributed by atoms with E-state index >= 15 is 0 Å². The Hall–Kier alpha value is -1.78. The Balaban J connectivity index is 2.27. The number of aromatic nitrogens is 3. The largest absolute Gasteiger partial charge is 0.495 e. The van der Waals surface area contributed by atoms with Gasteiger partial charge in [-0.1, -0.05) is 11.6 Å². The molecule has 2 aromatic heterocycles. The molecular weight excluding hydrogens is 309 g/mol. The Bertz CT molecular complexity index is 799. The average molecular weight is 322 g/mol. The number of nitrogens with zero attached hydrogens (tertiary/aromatic N) is 3. The number of benzene rings is 1. The van der Waals surface area contributed by atoms with Crippen LogP contribution in [0.5, 0.6) is 5.75 Å². The fraction of sp³-hybridized carbons (Fsp3) is 0.200. The van der Waals surface area contributed by atoms with E-state index in [1.807, 2.05) is 35.8 Å². The van der Waals surface area contributed by atoms with Gasteiger partial charge in [0.25, 0.3) is 0 Å². The lowest BCUT2D eigenvalue weighted by atomic mass is 10.2. The third kappa shape index (κ3) is 2.45. The van der Waals surface area contributed by atoms with Crippen molar-refractivity contribution in [3.63, 3.8) is 0 Å². The molecule has 0 aliphatic carbocycles. The van der Waals surface area contributed by atoms with Crippen molar-refractivity contribution in [1.82, 2.24) is 14.5 Å². The fourth-order valence-corrected chi connectivity index (χ4v) is 2.68. The number of imidazole rings is 1. The van der Waals surface area contributed by atoms with Crippen LogP contribution in [0.1, 0.15) is 18.1 Å². The van der Waals surface area contributed by atoms with Crippen LogP contribution in [0, 0.1) is 0 Å². The Morgan fingerprint density at radius 1 is 1.29 bits per heavy atom. The molecule has 0 amide bonds. The number of alkyl halides is 1. The van der Waals surface area contributed by atoms with Gasteiger partial charge in [0.2, 0.25) is 0 Å². The van der Waals surface area contributed by atoms with Crippen LogP contribution in [0.4, 0.5) is 0 Å². The lowest BCUT2D eigenvalue weighted by molar-refractivity contribution is 0.415. The predicted octanol–water partition coefficient (Wildman–Crippen LogP) is 4.38. The number of pyridine rings is 1. The Labute approximate surface area is 132 Å². The van der Waals surface area contributed by atoms with Gasteiger partial charge in [-0.2, -0.15) is 0 Å².